The van der Waals surface area contributed by atoms with E-state index in [9.17, 15) is 14.7 Å². The highest BCUT2D eigenvalue weighted by Gasteiger charge is 2.19. The summed E-state index contributed by atoms with van der Waals surface area (Å²) in [6.07, 6.45) is -0.247. The maximum absolute atomic E-state index is 12.2. The van der Waals surface area contributed by atoms with Gasteiger partial charge in [0, 0.05) is 19.5 Å². The van der Waals surface area contributed by atoms with Crippen molar-refractivity contribution in [3.05, 3.63) is 70.1 Å². The molecule has 1 aromatic carbocycles. The van der Waals surface area contributed by atoms with Crippen molar-refractivity contribution in [2.75, 3.05) is 0 Å². The normalized spacial score (nSPS) is 13.4. The average molecular weight is 300 g/mol. The molecule has 0 fully saturated rings. The fourth-order valence-electron chi connectivity index (χ4n) is 2.20. The van der Waals surface area contributed by atoms with Crippen LogP contribution in [-0.2, 0) is 13.5 Å². The van der Waals surface area contributed by atoms with E-state index in [-0.39, 0.29) is 17.2 Å². The van der Waals surface area contributed by atoms with Crippen molar-refractivity contribution < 1.29 is 9.90 Å². The maximum atomic E-state index is 12.2. The van der Waals surface area contributed by atoms with Crippen molar-refractivity contribution >= 4 is 5.91 Å². The van der Waals surface area contributed by atoms with Crippen LogP contribution in [0.5, 0.6) is 0 Å². The Bertz CT molecular complexity index is 695. The summed E-state index contributed by atoms with van der Waals surface area (Å²) in [5.74, 6) is -0.375. The van der Waals surface area contributed by atoms with Crippen LogP contribution in [0.4, 0.5) is 0 Å². The molecule has 1 aromatic heterocycles. The number of hydrogen-bond acceptors (Lipinski definition) is 3. The lowest BCUT2D eigenvalue weighted by molar-refractivity contribution is 0.0843. The molecule has 0 saturated carbocycles. The van der Waals surface area contributed by atoms with Gasteiger partial charge in [-0.15, -0.1) is 0 Å². The van der Waals surface area contributed by atoms with Gasteiger partial charge in [-0.25, -0.2) is 0 Å². The molecule has 116 valence electrons. The highest BCUT2D eigenvalue weighted by molar-refractivity contribution is 5.92. The lowest BCUT2D eigenvalue weighted by Crippen LogP contribution is -2.43. The number of amides is 1. The summed E-state index contributed by atoms with van der Waals surface area (Å²) >= 11 is 0. The molecule has 2 unspecified atom stereocenters. The number of carbonyl (C=O) groups is 1. The standard InChI is InChI=1S/C17H20N2O3/c1-12(15(20)11-13-7-4-3-5-8-13)18-17(22)14-9-6-10-16(21)19(14)2/h3-10,12,15,20H,11H2,1-2H3,(H,18,22). The molecule has 0 bridgehead atoms. The molecule has 0 aliphatic heterocycles. The van der Waals surface area contributed by atoms with E-state index in [0.717, 1.165) is 5.56 Å². The molecule has 1 heterocycles. The smallest absolute Gasteiger partial charge is 0.268 e. The van der Waals surface area contributed by atoms with E-state index in [0.29, 0.717) is 6.42 Å². The minimum Gasteiger partial charge on any atom is -0.391 e. The summed E-state index contributed by atoms with van der Waals surface area (Å²) in [5, 5.41) is 12.9. The van der Waals surface area contributed by atoms with Crippen LogP contribution >= 0.6 is 0 Å². The first-order chi connectivity index (χ1) is 10.5. The van der Waals surface area contributed by atoms with Gasteiger partial charge in [-0.1, -0.05) is 36.4 Å². The SMILES string of the molecule is CC(NC(=O)c1cccc(=O)n1C)C(O)Cc1ccccc1. The summed E-state index contributed by atoms with van der Waals surface area (Å²) in [4.78, 5) is 23.7. The number of hydrogen-bond donors (Lipinski definition) is 2. The quantitative estimate of drug-likeness (QED) is 0.869. The van der Waals surface area contributed by atoms with Gasteiger partial charge >= 0.3 is 0 Å². The van der Waals surface area contributed by atoms with E-state index in [4.69, 9.17) is 0 Å². The van der Waals surface area contributed by atoms with Crippen LogP contribution in [-0.4, -0.2) is 27.7 Å². The maximum Gasteiger partial charge on any atom is 0.268 e. The number of aliphatic hydroxyl groups is 1. The fourth-order valence-corrected chi connectivity index (χ4v) is 2.20. The lowest BCUT2D eigenvalue weighted by Gasteiger charge is -2.21. The van der Waals surface area contributed by atoms with E-state index in [2.05, 4.69) is 5.32 Å². The van der Waals surface area contributed by atoms with E-state index in [1.54, 1.807) is 26.1 Å². The van der Waals surface area contributed by atoms with Gasteiger partial charge in [-0.3, -0.25) is 9.59 Å². The molecule has 5 nitrogen and oxygen atoms in total. The van der Waals surface area contributed by atoms with Gasteiger partial charge in [0.2, 0.25) is 0 Å². The zero-order chi connectivity index (χ0) is 16.1. The van der Waals surface area contributed by atoms with Crippen LogP contribution in [0.2, 0.25) is 0 Å². The summed E-state index contributed by atoms with van der Waals surface area (Å²) in [6, 6.07) is 13.7. The number of nitrogens with one attached hydrogen (secondary N) is 1. The van der Waals surface area contributed by atoms with Crippen LogP contribution in [0.3, 0.4) is 0 Å². The molecule has 0 radical (unpaired) electrons. The van der Waals surface area contributed by atoms with Gasteiger partial charge < -0.3 is 15.0 Å². The van der Waals surface area contributed by atoms with Crippen molar-refractivity contribution in [1.82, 2.24) is 9.88 Å². The predicted octanol–water partition coefficient (Wildman–Crippen LogP) is 1.11. The van der Waals surface area contributed by atoms with E-state index in [1.165, 1.54) is 10.6 Å². The molecule has 0 saturated heterocycles. The third-order valence-electron chi connectivity index (χ3n) is 3.64. The van der Waals surface area contributed by atoms with Crippen molar-refractivity contribution in [3.63, 3.8) is 0 Å². The van der Waals surface area contributed by atoms with Crippen LogP contribution in [0.25, 0.3) is 0 Å². The second-order valence-corrected chi connectivity index (χ2v) is 5.33. The number of nitrogens with zero attached hydrogens (tertiary/aromatic N) is 1. The Hall–Kier alpha value is -2.40. The molecule has 5 heteroatoms. The van der Waals surface area contributed by atoms with Crippen LogP contribution < -0.4 is 10.9 Å². The first kappa shape index (κ1) is 16.0. The van der Waals surface area contributed by atoms with E-state index < -0.39 is 12.1 Å². The fraction of sp³-hybridized carbons (Fsp3) is 0.294. The number of aliphatic hydroxyl groups excluding tert-OH is 1. The first-order valence-electron chi connectivity index (χ1n) is 7.18. The molecule has 22 heavy (non-hydrogen) atoms. The third-order valence-corrected chi connectivity index (χ3v) is 3.64. The topological polar surface area (TPSA) is 71.3 Å². The summed E-state index contributed by atoms with van der Waals surface area (Å²) in [7, 11) is 1.54. The number of carbonyl (C=O) groups excluding carboxylic acids is 1. The number of rotatable bonds is 5. The van der Waals surface area contributed by atoms with E-state index >= 15 is 0 Å². The van der Waals surface area contributed by atoms with Gasteiger partial charge in [0.15, 0.2) is 0 Å². The third kappa shape index (κ3) is 3.83. The van der Waals surface area contributed by atoms with Gasteiger partial charge in [0.05, 0.1) is 12.1 Å². The van der Waals surface area contributed by atoms with Crippen LogP contribution in [0.1, 0.15) is 23.0 Å². The first-order valence-corrected chi connectivity index (χ1v) is 7.18. The molecule has 2 aromatic rings. The van der Waals surface area contributed by atoms with Gasteiger partial charge in [0.1, 0.15) is 5.69 Å². The molecule has 2 rings (SSSR count). The monoisotopic (exact) mass is 300 g/mol. The Balaban J connectivity index is 2.01. The zero-order valence-corrected chi connectivity index (χ0v) is 12.7. The molecule has 0 aliphatic carbocycles. The number of aromatic nitrogens is 1. The highest BCUT2D eigenvalue weighted by Crippen LogP contribution is 2.06. The van der Waals surface area contributed by atoms with Crippen molar-refractivity contribution in [3.8, 4) is 0 Å². The van der Waals surface area contributed by atoms with E-state index in [1.807, 2.05) is 30.3 Å². The summed E-state index contributed by atoms with van der Waals surface area (Å²) in [5.41, 5.74) is 1.03. The molecule has 1 amide bonds. The minimum absolute atomic E-state index is 0.245. The molecule has 2 atom stereocenters. The average Bonchev–Trinajstić information content (AvgIpc) is 2.50. The van der Waals surface area contributed by atoms with Crippen LogP contribution in [0, 0.1) is 0 Å². The minimum atomic E-state index is -0.702. The Morgan fingerprint density at radius 1 is 1.18 bits per heavy atom. The largest absolute Gasteiger partial charge is 0.391 e. The van der Waals surface area contributed by atoms with Gasteiger partial charge in [0.25, 0.3) is 11.5 Å². The Morgan fingerprint density at radius 2 is 1.86 bits per heavy atom. The van der Waals surface area contributed by atoms with Crippen molar-refractivity contribution in [1.29, 1.82) is 0 Å². The van der Waals surface area contributed by atoms with Crippen molar-refractivity contribution in [2.24, 2.45) is 7.05 Å². The Labute approximate surface area is 129 Å². The molecule has 2 N–H and O–H groups in total. The number of benzene rings is 1. The van der Waals surface area contributed by atoms with Crippen LogP contribution in [0.15, 0.2) is 53.3 Å². The van der Waals surface area contributed by atoms with Gasteiger partial charge in [-0.05, 0) is 18.6 Å². The predicted molar refractivity (Wildman–Crippen MR) is 84.8 cm³/mol. The summed E-state index contributed by atoms with van der Waals surface area (Å²) in [6.45, 7) is 1.74. The van der Waals surface area contributed by atoms with Crippen molar-refractivity contribution in [2.45, 2.75) is 25.5 Å². The molecule has 0 aliphatic rings. The Morgan fingerprint density at radius 3 is 2.55 bits per heavy atom. The Kier molecular flexibility index (Phi) is 5.12. The second-order valence-electron chi connectivity index (χ2n) is 5.33. The summed E-state index contributed by atoms with van der Waals surface area (Å²) < 4.78 is 1.28. The van der Waals surface area contributed by atoms with Gasteiger partial charge in [-0.2, -0.15) is 0 Å². The second kappa shape index (κ2) is 7.04. The molecular formula is C17H20N2O3. The number of pyridine rings is 1. The zero-order valence-electron chi connectivity index (χ0n) is 12.7. The lowest BCUT2D eigenvalue weighted by atomic mass is 10.0. The molecular weight excluding hydrogens is 280 g/mol. The molecule has 0 spiro atoms. The highest BCUT2D eigenvalue weighted by atomic mass is 16.3.